The van der Waals surface area contributed by atoms with Crippen molar-refractivity contribution >= 4 is 11.9 Å². The molecule has 6 rings (SSSR count). The zero-order valence-corrected chi connectivity index (χ0v) is 17.7. The molecule has 0 amide bonds. The Labute approximate surface area is 174 Å². The highest BCUT2D eigenvalue weighted by atomic mass is 16.5. The molecule has 4 atom stereocenters. The summed E-state index contributed by atoms with van der Waals surface area (Å²) in [7, 11) is 0. The first kappa shape index (κ1) is 19.3. The second kappa shape index (κ2) is 7.53. The summed E-state index contributed by atoms with van der Waals surface area (Å²) in [5.41, 5.74) is 0.740. The molecule has 158 valence electrons. The van der Waals surface area contributed by atoms with Crippen molar-refractivity contribution in [3.63, 3.8) is 0 Å². The summed E-state index contributed by atoms with van der Waals surface area (Å²) >= 11 is 0. The fourth-order valence-corrected chi connectivity index (χ4v) is 7.41. The van der Waals surface area contributed by atoms with Gasteiger partial charge in [0.05, 0.1) is 6.42 Å². The molecule has 6 nitrogen and oxygen atoms in total. The van der Waals surface area contributed by atoms with Crippen molar-refractivity contribution in [2.45, 2.75) is 51.9 Å². The summed E-state index contributed by atoms with van der Waals surface area (Å²) in [4.78, 5) is 25.9. The third kappa shape index (κ3) is 4.14. The summed E-state index contributed by atoms with van der Waals surface area (Å²) in [6.07, 6.45) is 12.2. The van der Waals surface area contributed by atoms with Crippen molar-refractivity contribution in [3.05, 3.63) is 18.5 Å². The standard InChI is InChI=1S/C23H34N4O2/c1-22-12-18-11-19(13-22)15-23(14-18,17-22)16-20(28)29-10-9-26-5-7-27(8-6-26)21-24-3-2-4-25-21/h2-4,18-19H,5-17H2,1H3/t18-,19+,22?,23?. The molecule has 2 unspecified atom stereocenters. The molecule has 1 saturated heterocycles. The van der Waals surface area contributed by atoms with E-state index in [9.17, 15) is 4.79 Å². The molecule has 29 heavy (non-hydrogen) atoms. The Morgan fingerprint density at radius 3 is 2.45 bits per heavy atom. The number of esters is 1. The lowest BCUT2D eigenvalue weighted by atomic mass is 9.44. The van der Waals surface area contributed by atoms with E-state index < -0.39 is 0 Å². The SMILES string of the molecule is CC12C[C@H]3C[C@@H](C1)CC(CC(=O)OCCN1CCN(c4ncccn4)CC1)(C3)C2. The molecule has 6 heteroatoms. The highest BCUT2D eigenvalue weighted by Crippen LogP contribution is 2.66. The maximum atomic E-state index is 12.6. The van der Waals surface area contributed by atoms with Gasteiger partial charge in [-0.25, -0.2) is 9.97 Å². The fourth-order valence-electron chi connectivity index (χ4n) is 7.41. The quantitative estimate of drug-likeness (QED) is 0.686. The topological polar surface area (TPSA) is 58.6 Å². The molecule has 2 heterocycles. The van der Waals surface area contributed by atoms with E-state index in [1.54, 1.807) is 12.4 Å². The zero-order chi connectivity index (χ0) is 19.9. The van der Waals surface area contributed by atoms with Crippen molar-refractivity contribution in [2.24, 2.45) is 22.7 Å². The molecule has 1 aromatic heterocycles. The van der Waals surface area contributed by atoms with Crippen LogP contribution in [0.2, 0.25) is 0 Å². The van der Waals surface area contributed by atoms with Gasteiger partial charge in [0, 0.05) is 45.1 Å². The molecule has 4 bridgehead atoms. The van der Waals surface area contributed by atoms with Crippen LogP contribution in [-0.4, -0.2) is 60.2 Å². The van der Waals surface area contributed by atoms with Gasteiger partial charge in [-0.05, 0) is 67.3 Å². The number of ether oxygens (including phenoxy) is 1. The number of carbonyl (C=O) groups is 1. The van der Waals surface area contributed by atoms with Crippen LogP contribution in [0.25, 0.3) is 0 Å². The van der Waals surface area contributed by atoms with Crippen molar-refractivity contribution in [1.82, 2.24) is 14.9 Å². The summed E-state index contributed by atoms with van der Waals surface area (Å²) < 4.78 is 5.71. The Morgan fingerprint density at radius 1 is 1.10 bits per heavy atom. The molecular formula is C23H34N4O2. The number of anilines is 1. The minimum atomic E-state index is 0.0341. The number of hydrogen-bond donors (Lipinski definition) is 0. The van der Waals surface area contributed by atoms with Gasteiger partial charge in [0.25, 0.3) is 0 Å². The first-order chi connectivity index (χ1) is 14.0. The molecule has 5 fully saturated rings. The van der Waals surface area contributed by atoms with Crippen LogP contribution >= 0.6 is 0 Å². The van der Waals surface area contributed by atoms with E-state index in [2.05, 4.69) is 26.7 Å². The number of aromatic nitrogens is 2. The maximum Gasteiger partial charge on any atom is 0.306 e. The van der Waals surface area contributed by atoms with Gasteiger partial charge in [0.1, 0.15) is 6.61 Å². The van der Waals surface area contributed by atoms with Gasteiger partial charge in [0.15, 0.2) is 0 Å². The summed E-state index contributed by atoms with van der Waals surface area (Å²) in [6.45, 7) is 7.56. The van der Waals surface area contributed by atoms with Crippen LogP contribution in [0.1, 0.15) is 51.9 Å². The van der Waals surface area contributed by atoms with Gasteiger partial charge in [-0.3, -0.25) is 9.69 Å². The van der Waals surface area contributed by atoms with Gasteiger partial charge in [-0.2, -0.15) is 0 Å². The predicted molar refractivity (Wildman–Crippen MR) is 111 cm³/mol. The number of carbonyl (C=O) groups excluding carboxylic acids is 1. The number of hydrogen-bond acceptors (Lipinski definition) is 6. The Morgan fingerprint density at radius 2 is 1.79 bits per heavy atom. The second-order valence-electron chi connectivity index (χ2n) is 10.5. The molecule has 0 radical (unpaired) electrons. The average Bonchev–Trinajstić information content (AvgIpc) is 2.67. The highest BCUT2D eigenvalue weighted by molar-refractivity contribution is 5.70. The summed E-state index contributed by atoms with van der Waals surface area (Å²) in [5.74, 6) is 2.56. The molecule has 0 aromatic carbocycles. The Balaban J connectivity index is 1.05. The second-order valence-corrected chi connectivity index (χ2v) is 10.5. The van der Waals surface area contributed by atoms with Crippen LogP contribution in [-0.2, 0) is 9.53 Å². The number of rotatable bonds is 6. The van der Waals surface area contributed by atoms with Gasteiger partial charge >= 0.3 is 5.97 Å². The molecular weight excluding hydrogens is 364 g/mol. The van der Waals surface area contributed by atoms with E-state index in [1.165, 1.54) is 38.5 Å². The van der Waals surface area contributed by atoms with Gasteiger partial charge < -0.3 is 9.64 Å². The van der Waals surface area contributed by atoms with Crippen molar-refractivity contribution in [1.29, 1.82) is 0 Å². The van der Waals surface area contributed by atoms with Crippen LogP contribution in [0.4, 0.5) is 5.95 Å². The largest absolute Gasteiger partial charge is 0.464 e. The molecule has 1 aliphatic heterocycles. The van der Waals surface area contributed by atoms with Crippen LogP contribution in [0.3, 0.4) is 0 Å². The van der Waals surface area contributed by atoms with E-state index in [4.69, 9.17) is 4.74 Å². The third-order valence-electron chi connectivity index (χ3n) is 7.87. The van der Waals surface area contributed by atoms with E-state index >= 15 is 0 Å². The van der Waals surface area contributed by atoms with E-state index in [-0.39, 0.29) is 11.4 Å². The Bertz CT molecular complexity index is 718. The molecule has 1 aromatic rings. The number of piperazine rings is 1. The van der Waals surface area contributed by atoms with Crippen molar-refractivity contribution < 1.29 is 9.53 Å². The first-order valence-electron chi connectivity index (χ1n) is 11.4. The predicted octanol–water partition coefficient (Wildman–Crippen LogP) is 3.14. The highest BCUT2D eigenvalue weighted by Gasteiger charge is 2.56. The van der Waals surface area contributed by atoms with Crippen molar-refractivity contribution in [3.8, 4) is 0 Å². The normalized spacial score (nSPS) is 36.4. The molecule has 0 spiro atoms. The van der Waals surface area contributed by atoms with Gasteiger partial charge in [-0.15, -0.1) is 0 Å². The molecule has 4 aliphatic carbocycles. The third-order valence-corrected chi connectivity index (χ3v) is 7.87. The van der Waals surface area contributed by atoms with Gasteiger partial charge in [-0.1, -0.05) is 6.92 Å². The maximum absolute atomic E-state index is 12.6. The first-order valence-corrected chi connectivity index (χ1v) is 11.4. The molecule has 0 N–H and O–H groups in total. The summed E-state index contributed by atoms with van der Waals surface area (Å²) in [5, 5.41) is 0. The van der Waals surface area contributed by atoms with Gasteiger partial charge in [0.2, 0.25) is 5.95 Å². The minimum absolute atomic E-state index is 0.0341. The Kier molecular flexibility index (Phi) is 5.01. The van der Waals surface area contributed by atoms with Crippen LogP contribution in [0.5, 0.6) is 0 Å². The molecule has 4 saturated carbocycles. The zero-order valence-electron chi connectivity index (χ0n) is 17.7. The van der Waals surface area contributed by atoms with Crippen LogP contribution < -0.4 is 4.90 Å². The van der Waals surface area contributed by atoms with E-state index in [1.807, 2.05) is 6.07 Å². The lowest BCUT2D eigenvalue weighted by Gasteiger charge is -2.61. The van der Waals surface area contributed by atoms with E-state index in [0.717, 1.165) is 50.5 Å². The average molecular weight is 399 g/mol. The van der Waals surface area contributed by atoms with Crippen LogP contribution in [0, 0.1) is 22.7 Å². The van der Waals surface area contributed by atoms with Crippen molar-refractivity contribution in [2.75, 3.05) is 44.2 Å². The lowest BCUT2D eigenvalue weighted by Crippen LogP contribution is -2.51. The minimum Gasteiger partial charge on any atom is -0.464 e. The number of nitrogens with zero attached hydrogens (tertiary/aromatic N) is 4. The van der Waals surface area contributed by atoms with Crippen LogP contribution in [0.15, 0.2) is 18.5 Å². The van der Waals surface area contributed by atoms with E-state index in [0.29, 0.717) is 18.4 Å². The lowest BCUT2D eigenvalue weighted by molar-refractivity contribution is -0.157. The monoisotopic (exact) mass is 398 g/mol. The summed E-state index contributed by atoms with van der Waals surface area (Å²) in [6, 6.07) is 1.85. The smallest absolute Gasteiger partial charge is 0.306 e. The Hall–Kier alpha value is -1.69. The fraction of sp³-hybridized carbons (Fsp3) is 0.783. The molecule has 5 aliphatic rings.